The van der Waals surface area contributed by atoms with Gasteiger partial charge in [0.05, 0.1) is 26.6 Å². The Morgan fingerprint density at radius 2 is 1.87 bits per heavy atom. The van der Waals surface area contributed by atoms with Crippen molar-refractivity contribution in [3.05, 3.63) is 40.7 Å². The molecule has 164 valence electrons. The predicted molar refractivity (Wildman–Crippen MR) is 114 cm³/mol. The van der Waals surface area contributed by atoms with Crippen LogP contribution in [0.2, 0.25) is 0 Å². The van der Waals surface area contributed by atoms with Gasteiger partial charge in [-0.2, -0.15) is 0 Å². The molecule has 0 spiro atoms. The van der Waals surface area contributed by atoms with E-state index in [0.717, 1.165) is 11.8 Å². The molecule has 3 rings (SSSR count). The highest BCUT2D eigenvalue weighted by molar-refractivity contribution is 7.99. The molecule has 0 aliphatic heterocycles. The number of hydrogen-bond donors (Lipinski definition) is 1. The van der Waals surface area contributed by atoms with Crippen LogP contribution in [-0.2, 0) is 4.74 Å². The second kappa shape index (κ2) is 9.69. The number of ketones is 1. The maximum atomic E-state index is 12.8. The standard InChI is InChI=1S/C21H23N3O6S/c1-6-29-20(26)18-11(2)17(12(3)22-18)14(25)10-31-21-24-23-19(30-21)13-7-8-15(27-4)16(9-13)28-5/h7-9,22H,6,10H2,1-5H3. The van der Waals surface area contributed by atoms with Crippen molar-refractivity contribution in [1.82, 2.24) is 15.2 Å². The first-order valence-electron chi connectivity index (χ1n) is 9.47. The van der Waals surface area contributed by atoms with E-state index in [1.54, 1.807) is 53.2 Å². The monoisotopic (exact) mass is 445 g/mol. The van der Waals surface area contributed by atoms with Crippen molar-refractivity contribution in [3.63, 3.8) is 0 Å². The Hall–Kier alpha value is -3.27. The Morgan fingerprint density at radius 1 is 1.13 bits per heavy atom. The maximum absolute atomic E-state index is 12.8. The molecule has 0 saturated carbocycles. The summed E-state index contributed by atoms with van der Waals surface area (Å²) in [5, 5.41) is 8.30. The van der Waals surface area contributed by atoms with Crippen LogP contribution in [0.15, 0.2) is 27.8 Å². The zero-order chi connectivity index (χ0) is 22.5. The zero-order valence-electron chi connectivity index (χ0n) is 17.9. The summed E-state index contributed by atoms with van der Waals surface area (Å²) < 4.78 is 21.2. The van der Waals surface area contributed by atoms with Gasteiger partial charge in [0, 0.05) is 16.8 Å². The maximum Gasteiger partial charge on any atom is 0.355 e. The number of carbonyl (C=O) groups excluding carboxylic acids is 2. The van der Waals surface area contributed by atoms with Crippen LogP contribution in [0, 0.1) is 13.8 Å². The predicted octanol–water partition coefficient (Wildman–Crippen LogP) is 3.85. The summed E-state index contributed by atoms with van der Waals surface area (Å²) in [7, 11) is 3.10. The number of hydrogen-bond acceptors (Lipinski definition) is 9. The summed E-state index contributed by atoms with van der Waals surface area (Å²) in [5.41, 5.74) is 2.61. The number of esters is 1. The normalized spacial score (nSPS) is 10.7. The molecule has 3 aromatic rings. The lowest BCUT2D eigenvalue weighted by atomic mass is 10.1. The second-order valence-corrected chi connectivity index (χ2v) is 7.43. The fourth-order valence-electron chi connectivity index (χ4n) is 3.13. The van der Waals surface area contributed by atoms with Gasteiger partial charge < -0.3 is 23.6 Å². The SMILES string of the molecule is CCOC(=O)c1[nH]c(C)c(C(=O)CSc2nnc(-c3ccc(OC)c(OC)c3)o2)c1C. The Kier molecular flexibility index (Phi) is 7.01. The van der Waals surface area contributed by atoms with E-state index in [-0.39, 0.29) is 23.4 Å². The lowest BCUT2D eigenvalue weighted by molar-refractivity contribution is 0.0519. The van der Waals surface area contributed by atoms with Crippen molar-refractivity contribution in [2.75, 3.05) is 26.6 Å². The van der Waals surface area contributed by atoms with Crippen LogP contribution >= 0.6 is 11.8 Å². The molecule has 0 fully saturated rings. The van der Waals surface area contributed by atoms with Gasteiger partial charge in [-0.1, -0.05) is 11.8 Å². The summed E-state index contributed by atoms with van der Waals surface area (Å²) in [5.74, 6) is 0.872. The fraction of sp³-hybridized carbons (Fsp3) is 0.333. The highest BCUT2D eigenvalue weighted by atomic mass is 32.2. The number of thioether (sulfide) groups is 1. The van der Waals surface area contributed by atoms with Crippen molar-refractivity contribution in [3.8, 4) is 23.0 Å². The summed E-state index contributed by atoms with van der Waals surface area (Å²) in [4.78, 5) is 27.8. The molecule has 1 aromatic carbocycles. The first-order valence-corrected chi connectivity index (χ1v) is 10.5. The highest BCUT2D eigenvalue weighted by Gasteiger charge is 2.23. The van der Waals surface area contributed by atoms with Crippen molar-refractivity contribution >= 4 is 23.5 Å². The van der Waals surface area contributed by atoms with Gasteiger partial charge in [-0.25, -0.2) is 4.79 Å². The van der Waals surface area contributed by atoms with Crippen LogP contribution in [-0.4, -0.2) is 53.5 Å². The smallest absolute Gasteiger partial charge is 0.355 e. The Labute approximate surface area is 183 Å². The molecule has 0 aliphatic carbocycles. The van der Waals surface area contributed by atoms with Crippen LogP contribution in [0.3, 0.4) is 0 Å². The average Bonchev–Trinajstić information content (AvgIpc) is 3.36. The van der Waals surface area contributed by atoms with Crippen molar-refractivity contribution in [2.24, 2.45) is 0 Å². The molecule has 0 bridgehead atoms. The van der Waals surface area contributed by atoms with Crippen LogP contribution in [0.1, 0.15) is 39.0 Å². The highest BCUT2D eigenvalue weighted by Crippen LogP contribution is 2.33. The van der Waals surface area contributed by atoms with Crippen molar-refractivity contribution in [2.45, 2.75) is 26.0 Å². The van der Waals surface area contributed by atoms with Gasteiger partial charge >= 0.3 is 5.97 Å². The van der Waals surface area contributed by atoms with E-state index >= 15 is 0 Å². The largest absolute Gasteiger partial charge is 0.493 e. The Bertz CT molecular complexity index is 1100. The molecule has 0 atom stereocenters. The molecule has 2 heterocycles. The van der Waals surface area contributed by atoms with E-state index in [0.29, 0.717) is 45.5 Å². The quantitative estimate of drug-likeness (QED) is 0.298. The molecule has 0 radical (unpaired) electrons. The zero-order valence-corrected chi connectivity index (χ0v) is 18.7. The van der Waals surface area contributed by atoms with E-state index in [4.69, 9.17) is 18.6 Å². The molecule has 9 nitrogen and oxygen atoms in total. The topological polar surface area (TPSA) is 117 Å². The number of aryl methyl sites for hydroxylation is 1. The van der Waals surface area contributed by atoms with Gasteiger partial charge in [0.15, 0.2) is 17.3 Å². The number of H-pyrrole nitrogens is 1. The number of carbonyl (C=O) groups is 2. The van der Waals surface area contributed by atoms with Crippen LogP contribution in [0.5, 0.6) is 11.5 Å². The molecular weight excluding hydrogens is 422 g/mol. The van der Waals surface area contributed by atoms with E-state index in [2.05, 4.69) is 15.2 Å². The lowest BCUT2D eigenvalue weighted by Gasteiger charge is -2.07. The van der Waals surface area contributed by atoms with Gasteiger partial charge in [0.2, 0.25) is 5.89 Å². The third kappa shape index (κ3) is 4.74. The number of nitrogens with one attached hydrogen (secondary N) is 1. The van der Waals surface area contributed by atoms with Gasteiger partial charge in [-0.3, -0.25) is 4.79 Å². The Morgan fingerprint density at radius 3 is 2.55 bits per heavy atom. The number of rotatable bonds is 9. The van der Waals surface area contributed by atoms with Crippen molar-refractivity contribution < 1.29 is 28.2 Å². The third-order valence-electron chi connectivity index (χ3n) is 4.56. The minimum atomic E-state index is -0.480. The first kappa shape index (κ1) is 22.4. The third-order valence-corrected chi connectivity index (χ3v) is 5.38. The number of ether oxygens (including phenoxy) is 3. The van der Waals surface area contributed by atoms with Gasteiger partial charge in [0.25, 0.3) is 5.22 Å². The van der Waals surface area contributed by atoms with E-state index < -0.39 is 5.97 Å². The fourth-order valence-corrected chi connectivity index (χ4v) is 3.76. The molecule has 0 amide bonds. The van der Waals surface area contributed by atoms with E-state index in [1.165, 1.54) is 0 Å². The second-order valence-electron chi connectivity index (χ2n) is 6.50. The van der Waals surface area contributed by atoms with Crippen LogP contribution in [0.4, 0.5) is 0 Å². The number of Topliss-reactive ketones (excluding diaryl/α,β-unsaturated/α-hetero) is 1. The van der Waals surface area contributed by atoms with Crippen molar-refractivity contribution in [1.29, 1.82) is 0 Å². The molecule has 0 saturated heterocycles. The molecule has 10 heteroatoms. The molecule has 2 aromatic heterocycles. The molecule has 0 unspecified atom stereocenters. The van der Waals surface area contributed by atoms with Crippen LogP contribution < -0.4 is 9.47 Å². The summed E-state index contributed by atoms with van der Waals surface area (Å²) in [6.45, 7) is 5.45. The number of benzene rings is 1. The summed E-state index contributed by atoms with van der Waals surface area (Å²) >= 11 is 1.13. The van der Waals surface area contributed by atoms with Gasteiger partial charge in [-0.05, 0) is 44.5 Å². The van der Waals surface area contributed by atoms with E-state index in [1.807, 2.05) is 0 Å². The number of aromatic nitrogens is 3. The molecule has 1 N–H and O–H groups in total. The Balaban J connectivity index is 1.71. The molecule has 31 heavy (non-hydrogen) atoms. The minimum absolute atomic E-state index is 0.0787. The molecule has 0 aliphatic rings. The molecular formula is C21H23N3O6S. The summed E-state index contributed by atoms with van der Waals surface area (Å²) in [6.07, 6.45) is 0. The first-order chi connectivity index (χ1) is 14.9. The van der Waals surface area contributed by atoms with E-state index in [9.17, 15) is 9.59 Å². The summed E-state index contributed by atoms with van der Waals surface area (Å²) in [6, 6.07) is 5.25. The van der Waals surface area contributed by atoms with Crippen LogP contribution in [0.25, 0.3) is 11.5 Å². The van der Waals surface area contributed by atoms with Gasteiger partial charge in [0.1, 0.15) is 5.69 Å². The number of aromatic amines is 1. The average molecular weight is 445 g/mol. The number of nitrogens with zero attached hydrogens (tertiary/aromatic N) is 2. The number of methoxy groups -OCH3 is 2. The van der Waals surface area contributed by atoms with Gasteiger partial charge in [-0.15, -0.1) is 10.2 Å². The minimum Gasteiger partial charge on any atom is -0.493 e. The lowest BCUT2D eigenvalue weighted by Crippen LogP contribution is -2.08.